The van der Waals surface area contributed by atoms with Gasteiger partial charge in [-0.05, 0) is 55.7 Å². The number of aromatic nitrogens is 2. The molecule has 5 aromatic rings. The summed E-state index contributed by atoms with van der Waals surface area (Å²) < 4.78 is 46.6. The second kappa shape index (κ2) is 7.30. The third kappa shape index (κ3) is 3.54. The maximum Gasteiger partial charge on any atom is 0.394 e. The molecule has 0 bridgehead atoms. The number of aryl methyl sites for hydroxylation is 2. The Balaban J connectivity index is 1.67. The molecule has 6 heteroatoms. The zero-order valence-electron chi connectivity index (χ0n) is 18.8. The van der Waals surface area contributed by atoms with Gasteiger partial charge in [-0.1, -0.05) is 44.2 Å². The first-order chi connectivity index (χ1) is 15.5. The molecule has 5 rings (SSSR count). The van der Waals surface area contributed by atoms with Gasteiger partial charge in [0.1, 0.15) is 5.58 Å². The van der Waals surface area contributed by atoms with Gasteiger partial charge in [-0.2, -0.15) is 13.2 Å². The Morgan fingerprint density at radius 1 is 0.818 bits per heavy atom. The lowest BCUT2D eigenvalue weighted by atomic mass is 9.84. The summed E-state index contributed by atoms with van der Waals surface area (Å²) in [5.41, 5.74) is 4.20. The summed E-state index contributed by atoms with van der Waals surface area (Å²) in [5, 5.41) is 2.63. The minimum Gasteiger partial charge on any atom is -0.437 e. The van der Waals surface area contributed by atoms with Crippen molar-refractivity contribution >= 4 is 33.0 Å². The number of hydrogen-bond acceptors (Lipinski definition) is 3. The van der Waals surface area contributed by atoms with E-state index in [-0.39, 0.29) is 6.42 Å². The van der Waals surface area contributed by atoms with Crippen LogP contribution in [0.1, 0.15) is 30.7 Å². The van der Waals surface area contributed by atoms with E-state index in [9.17, 15) is 13.2 Å². The molecule has 33 heavy (non-hydrogen) atoms. The Bertz CT molecular complexity index is 1530. The molecule has 0 unspecified atom stereocenters. The summed E-state index contributed by atoms with van der Waals surface area (Å²) in [4.78, 5) is 9.35. The highest BCUT2D eigenvalue weighted by Crippen LogP contribution is 2.42. The molecule has 0 atom stereocenters. The van der Waals surface area contributed by atoms with Crippen molar-refractivity contribution in [1.82, 2.24) is 9.97 Å². The zero-order valence-corrected chi connectivity index (χ0v) is 18.8. The second-order valence-corrected chi connectivity index (χ2v) is 9.28. The van der Waals surface area contributed by atoms with Gasteiger partial charge in [0.15, 0.2) is 0 Å². The van der Waals surface area contributed by atoms with Gasteiger partial charge in [0, 0.05) is 27.4 Å². The van der Waals surface area contributed by atoms with Crippen LogP contribution < -0.4 is 0 Å². The van der Waals surface area contributed by atoms with E-state index >= 15 is 0 Å². The average Bonchev–Trinajstić information content (AvgIpc) is 3.09. The average molecular weight is 448 g/mol. The molecule has 168 valence electrons. The molecule has 0 aliphatic rings. The van der Waals surface area contributed by atoms with Crippen molar-refractivity contribution in [3.8, 4) is 11.3 Å². The first-order valence-electron chi connectivity index (χ1n) is 10.8. The van der Waals surface area contributed by atoms with Crippen LogP contribution in [-0.2, 0) is 6.42 Å². The van der Waals surface area contributed by atoms with Gasteiger partial charge in [0.25, 0.3) is 0 Å². The van der Waals surface area contributed by atoms with Gasteiger partial charge < -0.3 is 4.42 Å². The highest BCUT2D eigenvalue weighted by Gasteiger charge is 2.47. The van der Waals surface area contributed by atoms with E-state index in [1.807, 2.05) is 56.3 Å². The van der Waals surface area contributed by atoms with E-state index in [1.54, 1.807) is 12.1 Å². The van der Waals surface area contributed by atoms with Gasteiger partial charge in [0.05, 0.1) is 16.6 Å². The Labute approximate surface area is 189 Å². The summed E-state index contributed by atoms with van der Waals surface area (Å²) in [7, 11) is 0. The van der Waals surface area contributed by atoms with E-state index in [0.717, 1.165) is 33.0 Å². The lowest BCUT2D eigenvalue weighted by molar-refractivity contribution is -0.210. The van der Waals surface area contributed by atoms with E-state index in [0.29, 0.717) is 28.1 Å². The van der Waals surface area contributed by atoms with Crippen LogP contribution in [0.2, 0.25) is 0 Å². The van der Waals surface area contributed by atoms with Crippen LogP contribution >= 0.6 is 0 Å². The molecule has 0 N–H and O–H groups in total. The van der Waals surface area contributed by atoms with E-state index < -0.39 is 11.6 Å². The van der Waals surface area contributed by atoms with Crippen LogP contribution in [0.15, 0.2) is 59.0 Å². The molecule has 3 nitrogen and oxygen atoms in total. The van der Waals surface area contributed by atoms with E-state index in [2.05, 4.69) is 4.98 Å². The minimum atomic E-state index is -4.29. The minimum absolute atomic E-state index is 0.113. The summed E-state index contributed by atoms with van der Waals surface area (Å²) in [6.45, 7) is 6.38. The van der Waals surface area contributed by atoms with Crippen LogP contribution in [0.3, 0.4) is 0 Å². The second-order valence-electron chi connectivity index (χ2n) is 9.28. The number of rotatable bonds is 3. The highest BCUT2D eigenvalue weighted by molar-refractivity contribution is 6.09. The maximum atomic E-state index is 13.5. The summed E-state index contributed by atoms with van der Waals surface area (Å²) in [6.07, 6.45) is -4.40. The predicted molar refractivity (Wildman–Crippen MR) is 125 cm³/mol. The molecule has 0 amide bonds. The van der Waals surface area contributed by atoms with Crippen LogP contribution in [0.25, 0.3) is 44.2 Å². The van der Waals surface area contributed by atoms with Crippen LogP contribution in [-0.4, -0.2) is 16.1 Å². The van der Waals surface area contributed by atoms with Crippen molar-refractivity contribution in [2.45, 2.75) is 40.3 Å². The molecular formula is C27H23F3N2O. The number of hydrogen-bond donors (Lipinski definition) is 0. The fourth-order valence-electron chi connectivity index (χ4n) is 4.32. The molecule has 3 heterocycles. The molecule has 0 fully saturated rings. The number of nitrogens with zero attached hydrogens (tertiary/aromatic N) is 2. The Morgan fingerprint density at radius 2 is 1.55 bits per heavy atom. The first kappa shape index (κ1) is 21.4. The molecule has 2 aromatic carbocycles. The van der Waals surface area contributed by atoms with Gasteiger partial charge in [-0.25, -0.2) is 9.97 Å². The smallest absolute Gasteiger partial charge is 0.394 e. The molecule has 0 aliphatic heterocycles. The molecule has 0 aliphatic carbocycles. The van der Waals surface area contributed by atoms with Crippen LogP contribution in [0.5, 0.6) is 0 Å². The Hall–Kier alpha value is -3.41. The summed E-state index contributed by atoms with van der Waals surface area (Å²) >= 11 is 0. The quantitative estimate of drug-likeness (QED) is 0.281. The number of fused-ring (bicyclic) bond motifs is 4. The third-order valence-electron chi connectivity index (χ3n) is 6.33. The van der Waals surface area contributed by atoms with Gasteiger partial charge in [-0.15, -0.1) is 0 Å². The fourth-order valence-corrected chi connectivity index (χ4v) is 4.32. The van der Waals surface area contributed by atoms with E-state index in [4.69, 9.17) is 9.40 Å². The Morgan fingerprint density at radius 3 is 2.30 bits per heavy atom. The van der Waals surface area contributed by atoms with Crippen molar-refractivity contribution in [3.05, 3.63) is 71.4 Å². The lowest BCUT2D eigenvalue weighted by Crippen LogP contribution is -2.34. The summed E-state index contributed by atoms with van der Waals surface area (Å²) in [5.74, 6) is 0. The molecule has 0 spiro atoms. The van der Waals surface area contributed by atoms with E-state index in [1.165, 1.54) is 13.8 Å². The van der Waals surface area contributed by atoms with Gasteiger partial charge >= 0.3 is 6.18 Å². The monoisotopic (exact) mass is 448 g/mol. The lowest BCUT2D eigenvalue weighted by Gasteiger charge is -2.28. The van der Waals surface area contributed by atoms with Crippen molar-refractivity contribution in [2.75, 3.05) is 0 Å². The predicted octanol–water partition coefficient (Wildman–Crippen LogP) is 7.94. The normalized spacial score (nSPS) is 12.8. The number of alkyl halides is 3. The van der Waals surface area contributed by atoms with Crippen molar-refractivity contribution in [1.29, 1.82) is 0 Å². The van der Waals surface area contributed by atoms with Gasteiger partial charge in [-0.3, -0.25) is 0 Å². The first-order valence-corrected chi connectivity index (χ1v) is 10.8. The molecule has 3 aromatic heterocycles. The maximum absolute atomic E-state index is 13.5. The number of furan rings is 1. The third-order valence-corrected chi connectivity index (χ3v) is 6.33. The van der Waals surface area contributed by atoms with Crippen LogP contribution in [0.4, 0.5) is 13.2 Å². The number of pyridine rings is 2. The molecule has 0 radical (unpaired) electrons. The number of halogens is 3. The zero-order chi connectivity index (χ0) is 23.5. The summed E-state index contributed by atoms with van der Waals surface area (Å²) in [6, 6.07) is 17.1. The number of benzene rings is 2. The highest BCUT2D eigenvalue weighted by atomic mass is 19.4. The molecule has 0 saturated carbocycles. The van der Waals surface area contributed by atoms with Crippen molar-refractivity contribution in [2.24, 2.45) is 5.41 Å². The van der Waals surface area contributed by atoms with Crippen molar-refractivity contribution in [3.63, 3.8) is 0 Å². The fraction of sp³-hybridized carbons (Fsp3) is 0.259. The Kier molecular flexibility index (Phi) is 4.74. The largest absolute Gasteiger partial charge is 0.437 e. The standard InChI is InChI=1S/C27H23F3N2O/c1-15-8-10-19-20-11-9-16(2)31-25(20)33-24(19)23(15)22-13-12-18-17(6-5-7-21(18)32-22)14-26(3,4)27(28,29)30/h5-13H,14H2,1-4H3. The molecular weight excluding hydrogens is 425 g/mol. The topological polar surface area (TPSA) is 38.9 Å². The van der Waals surface area contributed by atoms with Crippen molar-refractivity contribution < 1.29 is 17.6 Å². The van der Waals surface area contributed by atoms with Crippen LogP contribution in [0, 0.1) is 19.3 Å². The SMILES string of the molecule is Cc1ccc2c(n1)oc1c(-c3ccc4c(CC(C)(C)C(F)(F)F)cccc4n3)c(C)ccc12. The molecule has 0 saturated heterocycles. The van der Waals surface area contributed by atoms with Gasteiger partial charge in [0.2, 0.25) is 5.71 Å².